The largest absolute Gasteiger partial charge is 0.241 e. The minimum atomic E-state index is 0.927. The number of hydrogen-bond donors (Lipinski definition) is 3. The van der Waals surface area contributed by atoms with Gasteiger partial charge in [-0.1, -0.05) is 0 Å². The molecule has 4 nitrogen and oxygen atoms in total. The first-order valence-electron chi connectivity index (χ1n) is 1.91. The molecule has 0 atom stereocenters. The zero-order chi connectivity index (χ0) is 4.41. The Kier molecular flexibility index (Phi) is 1.02. The molecule has 1 rings (SSSR count). The van der Waals surface area contributed by atoms with Crippen LogP contribution >= 0.6 is 0 Å². The smallest absolute Gasteiger partial charge is 0.0270 e. The van der Waals surface area contributed by atoms with Crippen molar-refractivity contribution in [3.05, 3.63) is 0 Å². The van der Waals surface area contributed by atoms with Crippen LogP contribution in [0, 0.1) is 0 Å². The SMILES string of the molecule is NN1NCCN1. The highest BCUT2D eigenvalue weighted by atomic mass is 15.9. The molecule has 0 aromatic heterocycles. The van der Waals surface area contributed by atoms with Gasteiger partial charge in [0.1, 0.15) is 0 Å². The van der Waals surface area contributed by atoms with Gasteiger partial charge in [-0.25, -0.2) is 16.7 Å². The zero-order valence-corrected chi connectivity index (χ0v) is 3.44. The van der Waals surface area contributed by atoms with Crippen LogP contribution in [0.4, 0.5) is 0 Å². The molecule has 1 heterocycles. The molecule has 0 aromatic rings. The zero-order valence-electron chi connectivity index (χ0n) is 3.44. The maximum Gasteiger partial charge on any atom is 0.0270 e. The second kappa shape index (κ2) is 1.53. The second-order valence-electron chi connectivity index (χ2n) is 1.19. The first kappa shape index (κ1) is 4.01. The standard InChI is InChI=1S/C2H8N4/c3-6-4-1-2-5-6/h4-5H,1-3H2. The Morgan fingerprint density at radius 2 is 1.83 bits per heavy atom. The number of nitrogens with one attached hydrogen (secondary N) is 2. The van der Waals surface area contributed by atoms with Crippen LogP contribution in [-0.2, 0) is 0 Å². The van der Waals surface area contributed by atoms with Gasteiger partial charge in [0.15, 0.2) is 0 Å². The Balaban J connectivity index is 2.18. The number of nitrogens with zero attached hydrogens (tertiary/aromatic N) is 1. The Morgan fingerprint density at radius 3 is 2.00 bits per heavy atom. The lowest BCUT2D eigenvalue weighted by Gasteiger charge is -2.03. The maximum atomic E-state index is 5.15. The molecule has 0 saturated carbocycles. The molecule has 0 aliphatic carbocycles. The van der Waals surface area contributed by atoms with Crippen LogP contribution in [-0.4, -0.2) is 18.3 Å². The third-order valence-corrected chi connectivity index (χ3v) is 0.689. The lowest BCUT2D eigenvalue weighted by atomic mass is 10.7. The molecule has 1 aliphatic rings. The first-order chi connectivity index (χ1) is 2.89. The van der Waals surface area contributed by atoms with E-state index >= 15 is 0 Å². The average Bonchev–Trinajstić information content (AvgIpc) is 1.86. The minimum absolute atomic E-state index is 0.927. The van der Waals surface area contributed by atoms with Crippen molar-refractivity contribution < 1.29 is 0 Å². The third kappa shape index (κ3) is 0.662. The summed E-state index contributed by atoms with van der Waals surface area (Å²) in [6, 6.07) is 0. The van der Waals surface area contributed by atoms with Crippen LogP contribution < -0.4 is 16.7 Å². The second-order valence-corrected chi connectivity index (χ2v) is 1.19. The molecular formula is C2H8N4. The van der Waals surface area contributed by atoms with E-state index in [1.54, 1.807) is 0 Å². The summed E-state index contributed by atoms with van der Waals surface area (Å²) in [5.74, 6) is 5.15. The van der Waals surface area contributed by atoms with Crippen LogP contribution in [0.2, 0.25) is 0 Å². The fourth-order valence-corrected chi connectivity index (χ4v) is 0.409. The summed E-state index contributed by atoms with van der Waals surface area (Å²) in [5.41, 5.74) is 5.64. The highest BCUT2D eigenvalue weighted by Crippen LogP contribution is 1.67. The minimum Gasteiger partial charge on any atom is -0.241 e. The van der Waals surface area contributed by atoms with E-state index in [-0.39, 0.29) is 0 Å². The summed E-state index contributed by atoms with van der Waals surface area (Å²) in [5, 5.41) is 1.36. The van der Waals surface area contributed by atoms with Gasteiger partial charge in [-0.3, -0.25) is 0 Å². The molecule has 0 amide bonds. The van der Waals surface area contributed by atoms with Gasteiger partial charge in [0, 0.05) is 13.1 Å². The van der Waals surface area contributed by atoms with Gasteiger partial charge in [0.05, 0.1) is 0 Å². The molecule has 1 fully saturated rings. The maximum absolute atomic E-state index is 5.15. The van der Waals surface area contributed by atoms with Gasteiger partial charge >= 0.3 is 0 Å². The molecule has 36 valence electrons. The number of nitrogens with two attached hydrogens (primary N) is 1. The fraction of sp³-hybridized carbons (Fsp3) is 1.00. The van der Waals surface area contributed by atoms with E-state index in [0.29, 0.717) is 0 Å². The van der Waals surface area contributed by atoms with Crippen molar-refractivity contribution in [2.45, 2.75) is 0 Å². The van der Waals surface area contributed by atoms with Crippen molar-refractivity contribution in [2.75, 3.05) is 13.1 Å². The van der Waals surface area contributed by atoms with Crippen molar-refractivity contribution in [1.82, 2.24) is 16.1 Å². The highest BCUT2D eigenvalue weighted by Gasteiger charge is 2.00. The van der Waals surface area contributed by atoms with E-state index in [4.69, 9.17) is 5.84 Å². The van der Waals surface area contributed by atoms with Gasteiger partial charge in [-0.05, 0) is 0 Å². The number of hydrazine groups is 3. The van der Waals surface area contributed by atoms with Gasteiger partial charge in [0.2, 0.25) is 0 Å². The topological polar surface area (TPSA) is 53.3 Å². The van der Waals surface area contributed by atoms with Gasteiger partial charge in [-0.15, -0.1) is 5.23 Å². The lowest BCUT2D eigenvalue weighted by molar-refractivity contribution is 0.187. The summed E-state index contributed by atoms with van der Waals surface area (Å²) >= 11 is 0. The predicted molar refractivity (Wildman–Crippen MR) is 22.0 cm³/mol. The number of hydrogen-bond acceptors (Lipinski definition) is 4. The third-order valence-electron chi connectivity index (χ3n) is 0.689. The Labute approximate surface area is 36.2 Å². The molecule has 1 saturated heterocycles. The van der Waals surface area contributed by atoms with Crippen molar-refractivity contribution in [1.29, 1.82) is 0 Å². The van der Waals surface area contributed by atoms with Crippen molar-refractivity contribution >= 4 is 0 Å². The van der Waals surface area contributed by atoms with E-state index in [1.165, 1.54) is 5.23 Å². The molecule has 0 radical (unpaired) electrons. The normalized spacial score (nSPS) is 25.5. The molecule has 4 heteroatoms. The number of rotatable bonds is 0. The van der Waals surface area contributed by atoms with Crippen LogP contribution in [0.5, 0.6) is 0 Å². The van der Waals surface area contributed by atoms with E-state index in [1.807, 2.05) is 0 Å². The van der Waals surface area contributed by atoms with Crippen molar-refractivity contribution in [3.63, 3.8) is 0 Å². The Morgan fingerprint density at radius 1 is 1.33 bits per heavy atom. The fourth-order valence-electron chi connectivity index (χ4n) is 0.409. The van der Waals surface area contributed by atoms with E-state index in [0.717, 1.165) is 13.1 Å². The summed E-state index contributed by atoms with van der Waals surface area (Å²) in [7, 11) is 0. The monoisotopic (exact) mass is 88.1 g/mol. The highest BCUT2D eigenvalue weighted by molar-refractivity contribution is 4.48. The lowest BCUT2D eigenvalue weighted by Crippen LogP contribution is -2.43. The van der Waals surface area contributed by atoms with Gasteiger partial charge in [0.25, 0.3) is 0 Å². The molecule has 4 N–H and O–H groups in total. The van der Waals surface area contributed by atoms with Crippen LogP contribution in [0.3, 0.4) is 0 Å². The molecule has 6 heavy (non-hydrogen) atoms. The Hall–Kier alpha value is -0.160. The van der Waals surface area contributed by atoms with Gasteiger partial charge < -0.3 is 0 Å². The molecule has 0 bridgehead atoms. The molecule has 1 aliphatic heterocycles. The predicted octanol–water partition coefficient (Wildman–Crippen LogP) is -1.82. The van der Waals surface area contributed by atoms with Crippen molar-refractivity contribution in [3.8, 4) is 0 Å². The van der Waals surface area contributed by atoms with E-state index in [2.05, 4.69) is 10.9 Å². The van der Waals surface area contributed by atoms with Crippen LogP contribution in [0.15, 0.2) is 0 Å². The molecule has 0 aromatic carbocycles. The van der Waals surface area contributed by atoms with Crippen molar-refractivity contribution in [2.24, 2.45) is 5.84 Å². The summed E-state index contributed by atoms with van der Waals surface area (Å²) in [6.45, 7) is 1.85. The van der Waals surface area contributed by atoms with Crippen LogP contribution in [0.1, 0.15) is 0 Å². The summed E-state index contributed by atoms with van der Waals surface area (Å²) < 4.78 is 0. The molecule has 0 spiro atoms. The quantitative estimate of drug-likeness (QED) is 0.305. The first-order valence-corrected chi connectivity index (χ1v) is 1.91. The summed E-state index contributed by atoms with van der Waals surface area (Å²) in [4.78, 5) is 0. The summed E-state index contributed by atoms with van der Waals surface area (Å²) in [6.07, 6.45) is 0. The Bertz CT molecular complexity index is 38.8. The molecular weight excluding hydrogens is 80.0 g/mol. The molecule has 0 unspecified atom stereocenters. The average molecular weight is 88.1 g/mol. The van der Waals surface area contributed by atoms with Crippen LogP contribution in [0.25, 0.3) is 0 Å². The van der Waals surface area contributed by atoms with E-state index in [9.17, 15) is 0 Å². The van der Waals surface area contributed by atoms with Gasteiger partial charge in [-0.2, -0.15) is 0 Å². The van der Waals surface area contributed by atoms with E-state index < -0.39 is 0 Å².